The molecule has 6 rings (SSSR count). The standard InChI is InChI=1S/C29H36N4O/c1-20-30-27-12-5-6-13-28(27)33(20)25-18-23-14-15-24(19-25)32(23)17-16-26(21-8-3-2-4-9-21)31-29(34)22-10-7-11-22/h2-6,8-9,12-13,22-26H,7,10-11,14-19H2,1H3,(H,31,34)/t23-,24+,25?,26-/m0/s1. The summed E-state index contributed by atoms with van der Waals surface area (Å²) in [6.45, 7) is 3.21. The number of benzene rings is 2. The van der Waals surface area contributed by atoms with E-state index in [1.165, 1.54) is 43.2 Å². The van der Waals surface area contributed by atoms with Crippen molar-refractivity contribution in [2.24, 2.45) is 5.92 Å². The Morgan fingerprint density at radius 3 is 2.38 bits per heavy atom. The maximum absolute atomic E-state index is 12.8. The van der Waals surface area contributed by atoms with Gasteiger partial charge in [0.2, 0.25) is 5.91 Å². The molecule has 1 aliphatic carbocycles. The zero-order chi connectivity index (χ0) is 23.1. The number of amides is 1. The summed E-state index contributed by atoms with van der Waals surface area (Å²) in [7, 11) is 0. The number of aryl methyl sites for hydroxylation is 1. The van der Waals surface area contributed by atoms with Gasteiger partial charge in [0.1, 0.15) is 5.82 Å². The van der Waals surface area contributed by atoms with Crippen molar-refractivity contribution in [1.29, 1.82) is 0 Å². The van der Waals surface area contributed by atoms with Crippen molar-refractivity contribution in [3.8, 4) is 0 Å². The van der Waals surface area contributed by atoms with Crippen molar-refractivity contribution in [3.63, 3.8) is 0 Å². The number of carbonyl (C=O) groups is 1. The molecule has 5 nitrogen and oxygen atoms in total. The minimum atomic E-state index is 0.103. The third-order valence-corrected chi connectivity index (χ3v) is 8.67. The first-order chi connectivity index (χ1) is 16.7. The average Bonchev–Trinajstić information content (AvgIpc) is 3.26. The van der Waals surface area contributed by atoms with Gasteiger partial charge in [-0.15, -0.1) is 0 Å². The molecule has 0 radical (unpaired) electrons. The van der Waals surface area contributed by atoms with Crippen LogP contribution in [0.3, 0.4) is 0 Å². The monoisotopic (exact) mass is 456 g/mol. The number of piperidine rings is 1. The summed E-state index contributed by atoms with van der Waals surface area (Å²) >= 11 is 0. The maximum atomic E-state index is 12.8. The Hall–Kier alpha value is -2.66. The molecule has 1 aromatic heterocycles. The van der Waals surface area contributed by atoms with Crippen LogP contribution >= 0.6 is 0 Å². The molecule has 2 aromatic carbocycles. The van der Waals surface area contributed by atoms with Crippen LogP contribution in [0, 0.1) is 12.8 Å². The van der Waals surface area contributed by atoms with Crippen molar-refractivity contribution in [2.75, 3.05) is 6.54 Å². The molecule has 2 saturated heterocycles. The zero-order valence-corrected chi connectivity index (χ0v) is 20.2. The lowest BCUT2D eigenvalue weighted by Crippen LogP contribution is -2.45. The van der Waals surface area contributed by atoms with Gasteiger partial charge in [-0.3, -0.25) is 9.69 Å². The van der Waals surface area contributed by atoms with Crippen LogP contribution in [-0.4, -0.2) is 39.0 Å². The number of imidazole rings is 1. The summed E-state index contributed by atoms with van der Waals surface area (Å²) in [5, 5.41) is 3.41. The minimum absolute atomic E-state index is 0.103. The molecule has 3 aliphatic rings. The fraction of sp³-hybridized carbons (Fsp3) is 0.517. The summed E-state index contributed by atoms with van der Waals surface area (Å²) in [5.41, 5.74) is 3.63. The third kappa shape index (κ3) is 4.04. The lowest BCUT2D eigenvalue weighted by molar-refractivity contribution is -0.128. The second-order valence-corrected chi connectivity index (χ2v) is 10.7. The number of para-hydroxylation sites is 2. The normalized spacial score (nSPS) is 25.9. The molecule has 1 saturated carbocycles. The molecule has 34 heavy (non-hydrogen) atoms. The molecule has 3 fully saturated rings. The number of nitrogens with zero attached hydrogens (tertiary/aromatic N) is 3. The van der Waals surface area contributed by atoms with E-state index in [1.54, 1.807) is 0 Å². The summed E-state index contributed by atoms with van der Waals surface area (Å²) in [6, 6.07) is 21.0. The topological polar surface area (TPSA) is 50.2 Å². The highest BCUT2D eigenvalue weighted by Gasteiger charge is 2.42. The molecule has 0 spiro atoms. The van der Waals surface area contributed by atoms with E-state index in [0.717, 1.165) is 37.1 Å². The van der Waals surface area contributed by atoms with Gasteiger partial charge < -0.3 is 9.88 Å². The van der Waals surface area contributed by atoms with Gasteiger partial charge >= 0.3 is 0 Å². The van der Waals surface area contributed by atoms with Gasteiger partial charge in [-0.2, -0.15) is 0 Å². The van der Waals surface area contributed by atoms with E-state index < -0.39 is 0 Å². The Morgan fingerprint density at radius 1 is 0.971 bits per heavy atom. The molecule has 1 unspecified atom stereocenters. The van der Waals surface area contributed by atoms with Crippen molar-refractivity contribution < 1.29 is 4.79 Å². The van der Waals surface area contributed by atoms with Gasteiger partial charge in [-0.25, -0.2) is 4.98 Å². The van der Waals surface area contributed by atoms with Crippen LogP contribution in [0.1, 0.15) is 74.8 Å². The predicted molar refractivity (Wildman–Crippen MR) is 136 cm³/mol. The van der Waals surface area contributed by atoms with Gasteiger partial charge in [0.15, 0.2) is 0 Å². The fourth-order valence-corrected chi connectivity index (χ4v) is 6.69. The predicted octanol–water partition coefficient (Wildman–Crippen LogP) is 5.56. The molecule has 4 atom stereocenters. The molecule has 1 N–H and O–H groups in total. The van der Waals surface area contributed by atoms with E-state index in [4.69, 9.17) is 4.98 Å². The quantitative estimate of drug-likeness (QED) is 0.506. The van der Waals surface area contributed by atoms with Crippen LogP contribution in [0.25, 0.3) is 11.0 Å². The zero-order valence-electron chi connectivity index (χ0n) is 20.2. The Bertz CT molecular complexity index is 1140. The average molecular weight is 457 g/mol. The number of fused-ring (bicyclic) bond motifs is 3. The maximum Gasteiger partial charge on any atom is 0.223 e. The smallest absolute Gasteiger partial charge is 0.223 e. The molecular formula is C29H36N4O. The van der Waals surface area contributed by atoms with Crippen molar-refractivity contribution in [3.05, 3.63) is 66.0 Å². The molecular weight excluding hydrogens is 420 g/mol. The van der Waals surface area contributed by atoms with Gasteiger partial charge in [0, 0.05) is 30.6 Å². The van der Waals surface area contributed by atoms with Gasteiger partial charge in [-0.05, 0) is 69.6 Å². The van der Waals surface area contributed by atoms with E-state index in [1.807, 2.05) is 0 Å². The van der Waals surface area contributed by atoms with Crippen LogP contribution in [0.15, 0.2) is 54.6 Å². The second-order valence-electron chi connectivity index (χ2n) is 10.7. The number of aromatic nitrogens is 2. The van der Waals surface area contributed by atoms with Gasteiger partial charge in [0.05, 0.1) is 17.1 Å². The molecule has 2 bridgehead atoms. The summed E-state index contributed by atoms with van der Waals surface area (Å²) < 4.78 is 2.50. The highest BCUT2D eigenvalue weighted by molar-refractivity contribution is 5.79. The first-order valence-corrected chi connectivity index (χ1v) is 13.2. The van der Waals surface area contributed by atoms with Crippen LogP contribution in [0.2, 0.25) is 0 Å². The molecule has 3 aromatic rings. The van der Waals surface area contributed by atoms with E-state index >= 15 is 0 Å². The van der Waals surface area contributed by atoms with E-state index in [9.17, 15) is 4.79 Å². The molecule has 3 heterocycles. The van der Waals surface area contributed by atoms with E-state index in [2.05, 4.69) is 76.3 Å². The Morgan fingerprint density at radius 2 is 1.68 bits per heavy atom. The van der Waals surface area contributed by atoms with E-state index in [-0.39, 0.29) is 17.9 Å². The molecule has 178 valence electrons. The molecule has 2 aliphatic heterocycles. The van der Waals surface area contributed by atoms with Crippen LogP contribution in [0.4, 0.5) is 0 Å². The van der Waals surface area contributed by atoms with Crippen molar-refractivity contribution >= 4 is 16.9 Å². The number of hydrogen-bond donors (Lipinski definition) is 1. The first-order valence-electron chi connectivity index (χ1n) is 13.2. The van der Waals surface area contributed by atoms with Crippen LogP contribution in [0.5, 0.6) is 0 Å². The second kappa shape index (κ2) is 9.18. The Labute approximate surface area is 202 Å². The van der Waals surface area contributed by atoms with Crippen molar-refractivity contribution in [2.45, 2.75) is 82.5 Å². The Balaban J connectivity index is 1.15. The van der Waals surface area contributed by atoms with Crippen LogP contribution in [-0.2, 0) is 4.79 Å². The SMILES string of the molecule is Cc1nc2ccccc2n1C1C[C@H]2CC[C@@H](C1)N2CC[C@H](NC(=O)C1CCC1)c1ccccc1. The first kappa shape index (κ1) is 21.8. The summed E-state index contributed by atoms with van der Waals surface area (Å²) in [5.74, 6) is 1.62. The summed E-state index contributed by atoms with van der Waals surface area (Å²) in [4.78, 5) is 20.4. The lowest BCUT2D eigenvalue weighted by atomic mass is 9.84. The number of hydrogen-bond acceptors (Lipinski definition) is 3. The summed E-state index contributed by atoms with van der Waals surface area (Å²) in [6.07, 6.45) is 9.24. The molecule has 5 heteroatoms. The van der Waals surface area contributed by atoms with E-state index in [0.29, 0.717) is 18.1 Å². The lowest BCUT2D eigenvalue weighted by Gasteiger charge is -2.40. The van der Waals surface area contributed by atoms with Crippen LogP contribution < -0.4 is 5.32 Å². The largest absolute Gasteiger partial charge is 0.349 e. The van der Waals surface area contributed by atoms with Gasteiger partial charge in [-0.1, -0.05) is 48.9 Å². The number of rotatable bonds is 7. The Kier molecular flexibility index (Phi) is 5.90. The number of nitrogens with one attached hydrogen (secondary N) is 1. The highest BCUT2D eigenvalue weighted by Crippen LogP contribution is 2.42. The van der Waals surface area contributed by atoms with Gasteiger partial charge in [0.25, 0.3) is 0 Å². The van der Waals surface area contributed by atoms with Crippen molar-refractivity contribution in [1.82, 2.24) is 19.8 Å². The fourth-order valence-electron chi connectivity index (χ4n) is 6.69. The minimum Gasteiger partial charge on any atom is -0.349 e. The third-order valence-electron chi connectivity index (χ3n) is 8.67. The number of carbonyl (C=O) groups excluding carboxylic acids is 1. The molecule has 1 amide bonds. The highest BCUT2D eigenvalue weighted by atomic mass is 16.2.